The van der Waals surface area contributed by atoms with E-state index in [1.54, 1.807) is 19.1 Å². The number of rotatable bonds is 2. The molecule has 0 bridgehead atoms. The van der Waals surface area contributed by atoms with Gasteiger partial charge in [0.15, 0.2) is 0 Å². The molecule has 0 N–H and O–H groups in total. The van der Waals surface area contributed by atoms with Gasteiger partial charge in [0.1, 0.15) is 11.9 Å². The lowest BCUT2D eigenvalue weighted by molar-refractivity contribution is 0.617. The Kier molecular flexibility index (Phi) is 6.58. The summed E-state index contributed by atoms with van der Waals surface area (Å²) in [6.45, 7) is 11.1. The Morgan fingerprint density at radius 3 is 2.41 bits per heavy atom. The number of hydrogen-bond donors (Lipinski definition) is 0. The second-order valence-electron chi connectivity index (χ2n) is 3.18. The van der Waals surface area contributed by atoms with Gasteiger partial charge in [-0.25, -0.2) is 4.39 Å². The Balaban J connectivity index is 0.00000121. The molecule has 0 amide bonds. The fourth-order valence-corrected chi connectivity index (χ4v) is 1.45. The Bertz CT molecular complexity index is 465. The molecule has 1 aromatic carbocycles. The third-order valence-corrected chi connectivity index (χ3v) is 2.26. The molecule has 0 heterocycles. The van der Waals surface area contributed by atoms with Crippen LogP contribution >= 0.6 is 0 Å². The molecule has 0 fully saturated rings. The zero-order valence-corrected chi connectivity index (χ0v) is 10.8. The van der Waals surface area contributed by atoms with E-state index in [1.807, 2.05) is 32.9 Å². The third-order valence-electron chi connectivity index (χ3n) is 2.26. The SMILES string of the molecule is C=Cc1cc(F)c(C)c(C#N)c1/C=C\C.CC. The number of benzene rings is 1. The van der Waals surface area contributed by atoms with Gasteiger partial charge in [-0.3, -0.25) is 0 Å². The lowest BCUT2D eigenvalue weighted by Gasteiger charge is -2.08. The van der Waals surface area contributed by atoms with Gasteiger partial charge in [-0.1, -0.05) is 38.7 Å². The summed E-state index contributed by atoms with van der Waals surface area (Å²) in [4.78, 5) is 0. The molecule has 1 aromatic rings. The highest BCUT2D eigenvalue weighted by Gasteiger charge is 2.11. The maximum absolute atomic E-state index is 13.4. The van der Waals surface area contributed by atoms with Crippen molar-refractivity contribution in [2.75, 3.05) is 0 Å². The minimum atomic E-state index is -0.366. The van der Waals surface area contributed by atoms with E-state index in [4.69, 9.17) is 5.26 Å². The quantitative estimate of drug-likeness (QED) is 0.723. The highest BCUT2D eigenvalue weighted by Crippen LogP contribution is 2.23. The van der Waals surface area contributed by atoms with Gasteiger partial charge in [0.05, 0.1) is 5.56 Å². The van der Waals surface area contributed by atoms with Crippen molar-refractivity contribution in [3.8, 4) is 6.07 Å². The van der Waals surface area contributed by atoms with Crippen LogP contribution in [0.2, 0.25) is 0 Å². The highest BCUT2D eigenvalue weighted by molar-refractivity contribution is 5.71. The Hall–Kier alpha value is -1.88. The predicted molar refractivity (Wildman–Crippen MR) is 72.0 cm³/mol. The Morgan fingerprint density at radius 2 is 2.00 bits per heavy atom. The van der Waals surface area contributed by atoms with Gasteiger partial charge in [0.25, 0.3) is 0 Å². The van der Waals surface area contributed by atoms with Gasteiger partial charge in [0, 0.05) is 5.56 Å². The third kappa shape index (κ3) is 3.29. The molecule has 2 heteroatoms. The predicted octanol–water partition coefficient (Wildman–Crippen LogP) is 4.71. The van der Waals surface area contributed by atoms with Gasteiger partial charge in [-0.2, -0.15) is 5.26 Å². The van der Waals surface area contributed by atoms with Crippen LogP contribution in [0.1, 0.15) is 43.0 Å². The summed E-state index contributed by atoms with van der Waals surface area (Å²) in [7, 11) is 0. The first-order valence-corrected chi connectivity index (χ1v) is 5.64. The minimum Gasteiger partial charge on any atom is -0.207 e. The van der Waals surface area contributed by atoms with Crippen molar-refractivity contribution in [1.82, 2.24) is 0 Å². The van der Waals surface area contributed by atoms with Crippen LogP contribution in [0.3, 0.4) is 0 Å². The Labute approximate surface area is 103 Å². The van der Waals surface area contributed by atoms with E-state index in [0.29, 0.717) is 16.7 Å². The van der Waals surface area contributed by atoms with Gasteiger partial charge in [-0.05, 0) is 31.0 Å². The van der Waals surface area contributed by atoms with Crippen LogP contribution in [0.25, 0.3) is 12.2 Å². The zero-order valence-electron chi connectivity index (χ0n) is 10.8. The van der Waals surface area contributed by atoms with E-state index in [0.717, 1.165) is 5.56 Å². The molecule has 0 spiro atoms. The molecule has 1 rings (SSSR count). The summed E-state index contributed by atoms with van der Waals surface area (Å²) in [5.74, 6) is -0.366. The summed E-state index contributed by atoms with van der Waals surface area (Å²) in [5.41, 5.74) is 2.14. The highest BCUT2D eigenvalue weighted by atomic mass is 19.1. The summed E-state index contributed by atoms with van der Waals surface area (Å²) in [6, 6.07) is 3.43. The summed E-state index contributed by atoms with van der Waals surface area (Å²) < 4.78 is 13.4. The maximum atomic E-state index is 13.4. The molecule has 1 nitrogen and oxygen atoms in total. The van der Waals surface area contributed by atoms with Crippen LogP contribution in [0, 0.1) is 24.1 Å². The molecule has 90 valence electrons. The van der Waals surface area contributed by atoms with Crippen molar-refractivity contribution in [2.24, 2.45) is 0 Å². The first-order valence-electron chi connectivity index (χ1n) is 5.64. The normalized spacial score (nSPS) is 9.41. The van der Waals surface area contributed by atoms with E-state index < -0.39 is 0 Å². The standard InChI is InChI=1S/C13H12FN.C2H6/c1-4-6-11-10(5-2)7-13(14)9(3)12(11)8-15;1-2/h4-7H,2H2,1,3H3;1-2H3/b6-4-;. The van der Waals surface area contributed by atoms with Crippen molar-refractivity contribution in [2.45, 2.75) is 27.7 Å². The summed E-state index contributed by atoms with van der Waals surface area (Å²) in [5, 5.41) is 8.99. The van der Waals surface area contributed by atoms with Crippen LogP contribution in [0.5, 0.6) is 0 Å². The van der Waals surface area contributed by atoms with E-state index >= 15 is 0 Å². The number of allylic oxidation sites excluding steroid dienone is 1. The smallest absolute Gasteiger partial charge is 0.128 e. The van der Waals surface area contributed by atoms with Crippen LogP contribution in [-0.2, 0) is 0 Å². The van der Waals surface area contributed by atoms with Crippen molar-refractivity contribution in [1.29, 1.82) is 5.26 Å². The maximum Gasteiger partial charge on any atom is 0.128 e. The second-order valence-corrected chi connectivity index (χ2v) is 3.18. The first-order chi connectivity index (χ1) is 8.15. The molecule has 0 saturated heterocycles. The lowest BCUT2D eigenvalue weighted by Crippen LogP contribution is -1.95. The molecule has 0 radical (unpaired) electrons. The van der Waals surface area contributed by atoms with Crippen molar-refractivity contribution < 1.29 is 4.39 Å². The molecule has 0 unspecified atom stereocenters. The topological polar surface area (TPSA) is 23.8 Å². The fourth-order valence-electron chi connectivity index (χ4n) is 1.45. The number of hydrogen-bond acceptors (Lipinski definition) is 1. The second kappa shape index (κ2) is 7.40. The molecule has 0 saturated carbocycles. The fraction of sp³-hybridized carbons (Fsp3) is 0.267. The molecular weight excluding hydrogens is 213 g/mol. The number of nitrogens with zero attached hydrogens (tertiary/aromatic N) is 1. The van der Waals surface area contributed by atoms with Crippen molar-refractivity contribution in [3.63, 3.8) is 0 Å². The van der Waals surface area contributed by atoms with Gasteiger partial charge in [0.2, 0.25) is 0 Å². The van der Waals surface area contributed by atoms with Crippen LogP contribution < -0.4 is 0 Å². The number of halogens is 1. The average molecular weight is 231 g/mol. The molecule has 17 heavy (non-hydrogen) atoms. The van der Waals surface area contributed by atoms with Gasteiger partial charge >= 0.3 is 0 Å². The minimum absolute atomic E-state index is 0.366. The summed E-state index contributed by atoms with van der Waals surface area (Å²) in [6.07, 6.45) is 5.17. The monoisotopic (exact) mass is 231 g/mol. The first kappa shape index (κ1) is 15.1. The molecule has 0 atom stereocenters. The largest absolute Gasteiger partial charge is 0.207 e. The van der Waals surface area contributed by atoms with Gasteiger partial charge < -0.3 is 0 Å². The van der Waals surface area contributed by atoms with E-state index in [-0.39, 0.29) is 5.82 Å². The van der Waals surface area contributed by atoms with Crippen LogP contribution in [0.15, 0.2) is 18.7 Å². The van der Waals surface area contributed by atoms with Crippen LogP contribution in [-0.4, -0.2) is 0 Å². The molecule has 0 aliphatic carbocycles. The van der Waals surface area contributed by atoms with Crippen LogP contribution in [0.4, 0.5) is 4.39 Å². The van der Waals surface area contributed by atoms with E-state index in [9.17, 15) is 4.39 Å². The van der Waals surface area contributed by atoms with Gasteiger partial charge in [-0.15, -0.1) is 0 Å². The van der Waals surface area contributed by atoms with E-state index in [1.165, 1.54) is 6.07 Å². The molecule has 0 aliphatic heterocycles. The lowest BCUT2D eigenvalue weighted by atomic mass is 9.96. The Morgan fingerprint density at radius 1 is 1.41 bits per heavy atom. The molecular formula is C15H18FN. The van der Waals surface area contributed by atoms with Crippen molar-refractivity contribution >= 4 is 12.2 Å². The van der Waals surface area contributed by atoms with E-state index in [2.05, 4.69) is 6.58 Å². The molecule has 0 aliphatic rings. The summed E-state index contributed by atoms with van der Waals surface area (Å²) >= 11 is 0. The zero-order chi connectivity index (χ0) is 13.4. The number of nitriles is 1. The average Bonchev–Trinajstić information content (AvgIpc) is 2.36. The molecule has 0 aromatic heterocycles. The van der Waals surface area contributed by atoms with Crippen molar-refractivity contribution in [3.05, 3.63) is 46.8 Å².